The summed E-state index contributed by atoms with van der Waals surface area (Å²) in [5.41, 5.74) is 6.45. The standard InChI is InChI=1S/C17H21N3O2S/c18-10-16(21)20-11-17(22)19-8-9-23-12-14-6-3-5-13-4-1-2-7-15(13)14/h1-7H,8-12,18H2,(H,19,22)(H,20,21). The van der Waals surface area contributed by atoms with Crippen LogP contribution >= 0.6 is 11.8 Å². The molecule has 4 N–H and O–H groups in total. The number of nitrogens with two attached hydrogens (primary N) is 1. The van der Waals surface area contributed by atoms with Crippen molar-refractivity contribution in [1.29, 1.82) is 0 Å². The number of amides is 2. The number of carbonyl (C=O) groups is 2. The van der Waals surface area contributed by atoms with Gasteiger partial charge in [-0.05, 0) is 16.3 Å². The highest BCUT2D eigenvalue weighted by atomic mass is 32.2. The van der Waals surface area contributed by atoms with E-state index in [1.165, 1.54) is 16.3 Å². The number of nitrogens with one attached hydrogen (secondary N) is 2. The monoisotopic (exact) mass is 331 g/mol. The molecule has 2 aromatic rings. The molecule has 0 saturated carbocycles. The van der Waals surface area contributed by atoms with Crippen LogP contribution in [0.2, 0.25) is 0 Å². The first-order valence-corrected chi connectivity index (χ1v) is 8.64. The Balaban J connectivity index is 1.69. The molecule has 0 bridgehead atoms. The van der Waals surface area contributed by atoms with Crippen LogP contribution in [0.5, 0.6) is 0 Å². The van der Waals surface area contributed by atoms with Gasteiger partial charge in [-0.1, -0.05) is 42.5 Å². The number of fused-ring (bicyclic) bond motifs is 1. The first kappa shape index (κ1) is 17.3. The van der Waals surface area contributed by atoms with Crippen LogP contribution in [0.4, 0.5) is 0 Å². The van der Waals surface area contributed by atoms with Crippen LogP contribution in [-0.4, -0.2) is 37.2 Å². The number of hydrogen-bond acceptors (Lipinski definition) is 4. The molecule has 23 heavy (non-hydrogen) atoms. The molecule has 0 aliphatic heterocycles. The number of thioether (sulfide) groups is 1. The number of carbonyl (C=O) groups excluding carboxylic acids is 2. The van der Waals surface area contributed by atoms with E-state index in [2.05, 4.69) is 41.0 Å². The van der Waals surface area contributed by atoms with Gasteiger partial charge in [-0.15, -0.1) is 0 Å². The van der Waals surface area contributed by atoms with Crippen LogP contribution in [0.25, 0.3) is 10.8 Å². The third kappa shape index (κ3) is 5.58. The molecule has 2 amide bonds. The summed E-state index contributed by atoms with van der Waals surface area (Å²) < 4.78 is 0. The van der Waals surface area contributed by atoms with E-state index >= 15 is 0 Å². The second kappa shape index (κ2) is 9.17. The molecule has 6 heteroatoms. The van der Waals surface area contributed by atoms with E-state index in [1.807, 2.05) is 12.1 Å². The quantitative estimate of drug-likeness (QED) is 0.636. The molecule has 5 nitrogen and oxygen atoms in total. The van der Waals surface area contributed by atoms with Crippen LogP contribution in [0, 0.1) is 0 Å². The average Bonchev–Trinajstić information content (AvgIpc) is 2.59. The topological polar surface area (TPSA) is 84.2 Å². The Morgan fingerprint density at radius 3 is 2.61 bits per heavy atom. The van der Waals surface area contributed by atoms with Gasteiger partial charge in [0.25, 0.3) is 0 Å². The van der Waals surface area contributed by atoms with Crippen LogP contribution < -0.4 is 16.4 Å². The fraction of sp³-hybridized carbons (Fsp3) is 0.294. The van der Waals surface area contributed by atoms with Gasteiger partial charge in [-0.3, -0.25) is 9.59 Å². The van der Waals surface area contributed by atoms with E-state index in [0.29, 0.717) is 6.54 Å². The predicted octanol–water partition coefficient (Wildman–Crippen LogP) is 1.26. The van der Waals surface area contributed by atoms with E-state index in [0.717, 1.165) is 11.5 Å². The molecular formula is C17H21N3O2S. The van der Waals surface area contributed by atoms with Crippen molar-refractivity contribution in [2.75, 3.05) is 25.4 Å². The van der Waals surface area contributed by atoms with E-state index in [4.69, 9.17) is 5.73 Å². The van der Waals surface area contributed by atoms with E-state index in [1.54, 1.807) is 11.8 Å². The van der Waals surface area contributed by atoms with Gasteiger partial charge in [-0.25, -0.2) is 0 Å². The third-order valence-electron chi connectivity index (χ3n) is 3.34. The lowest BCUT2D eigenvalue weighted by Crippen LogP contribution is -2.40. The highest BCUT2D eigenvalue weighted by Gasteiger charge is 2.04. The molecule has 0 radical (unpaired) electrons. The second-order valence-corrected chi connectivity index (χ2v) is 6.13. The summed E-state index contributed by atoms with van der Waals surface area (Å²) in [6.07, 6.45) is 0. The SMILES string of the molecule is NCC(=O)NCC(=O)NCCSCc1cccc2ccccc12. The van der Waals surface area contributed by atoms with Crippen molar-refractivity contribution in [2.45, 2.75) is 5.75 Å². The fourth-order valence-electron chi connectivity index (χ4n) is 2.18. The molecule has 2 aromatic carbocycles. The summed E-state index contributed by atoms with van der Waals surface area (Å²) in [5.74, 6) is 1.20. The zero-order valence-corrected chi connectivity index (χ0v) is 13.7. The lowest BCUT2D eigenvalue weighted by Gasteiger charge is -2.08. The molecule has 0 saturated heterocycles. The molecule has 0 aliphatic rings. The van der Waals surface area contributed by atoms with Crippen molar-refractivity contribution in [1.82, 2.24) is 10.6 Å². The highest BCUT2D eigenvalue weighted by Crippen LogP contribution is 2.22. The fourth-order valence-corrected chi connectivity index (χ4v) is 3.04. The molecule has 0 aromatic heterocycles. The summed E-state index contributed by atoms with van der Waals surface area (Å²) in [6, 6.07) is 14.6. The second-order valence-electron chi connectivity index (χ2n) is 5.02. The maximum absolute atomic E-state index is 11.5. The van der Waals surface area contributed by atoms with Gasteiger partial charge in [-0.2, -0.15) is 11.8 Å². The van der Waals surface area contributed by atoms with Gasteiger partial charge in [0.1, 0.15) is 0 Å². The summed E-state index contributed by atoms with van der Waals surface area (Å²) in [7, 11) is 0. The Labute approximate surface area is 140 Å². The smallest absolute Gasteiger partial charge is 0.239 e. The Morgan fingerprint density at radius 2 is 1.78 bits per heavy atom. The van der Waals surface area contributed by atoms with Crippen LogP contribution in [0.1, 0.15) is 5.56 Å². The minimum Gasteiger partial charge on any atom is -0.354 e. The largest absolute Gasteiger partial charge is 0.354 e. The van der Waals surface area contributed by atoms with Crippen molar-refractivity contribution in [3.8, 4) is 0 Å². The maximum Gasteiger partial charge on any atom is 0.239 e. The number of benzene rings is 2. The molecule has 0 aliphatic carbocycles. The molecule has 2 rings (SSSR count). The van der Waals surface area contributed by atoms with Gasteiger partial charge in [0.15, 0.2) is 0 Å². The van der Waals surface area contributed by atoms with Gasteiger partial charge in [0.05, 0.1) is 13.1 Å². The lowest BCUT2D eigenvalue weighted by molar-refractivity contribution is -0.125. The van der Waals surface area contributed by atoms with E-state index in [-0.39, 0.29) is 24.9 Å². The molecule has 0 unspecified atom stereocenters. The van der Waals surface area contributed by atoms with Crippen LogP contribution in [0.3, 0.4) is 0 Å². The first-order chi connectivity index (χ1) is 11.2. The summed E-state index contributed by atoms with van der Waals surface area (Å²) in [4.78, 5) is 22.4. The Kier molecular flexibility index (Phi) is 6.90. The normalized spacial score (nSPS) is 10.5. The minimum atomic E-state index is -0.328. The van der Waals surface area contributed by atoms with E-state index < -0.39 is 0 Å². The van der Waals surface area contributed by atoms with Gasteiger partial charge < -0.3 is 16.4 Å². The third-order valence-corrected chi connectivity index (χ3v) is 4.35. The Bertz CT molecular complexity index is 670. The molecule has 0 atom stereocenters. The molecule has 0 spiro atoms. The summed E-state index contributed by atoms with van der Waals surface area (Å²) >= 11 is 1.77. The zero-order chi connectivity index (χ0) is 16.5. The average molecular weight is 331 g/mol. The van der Waals surface area contributed by atoms with Crippen molar-refractivity contribution < 1.29 is 9.59 Å². The number of rotatable bonds is 8. The maximum atomic E-state index is 11.5. The molecule has 0 fully saturated rings. The van der Waals surface area contributed by atoms with Gasteiger partial charge >= 0.3 is 0 Å². The predicted molar refractivity (Wildman–Crippen MR) is 95.2 cm³/mol. The lowest BCUT2D eigenvalue weighted by atomic mass is 10.1. The zero-order valence-electron chi connectivity index (χ0n) is 12.9. The van der Waals surface area contributed by atoms with Crippen molar-refractivity contribution in [2.24, 2.45) is 5.73 Å². The van der Waals surface area contributed by atoms with Crippen molar-refractivity contribution >= 4 is 34.3 Å². The Morgan fingerprint density at radius 1 is 1.00 bits per heavy atom. The number of hydrogen-bond donors (Lipinski definition) is 3. The van der Waals surface area contributed by atoms with E-state index in [9.17, 15) is 9.59 Å². The van der Waals surface area contributed by atoms with Gasteiger partial charge in [0, 0.05) is 18.1 Å². The van der Waals surface area contributed by atoms with Crippen molar-refractivity contribution in [3.05, 3.63) is 48.0 Å². The summed E-state index contributed by atoms with van der Waals surface area (Å²) in [5, 5.41) is 7.73. The van der Waals surface area contributed by atoms with Gasteiger partial charge in [0.2, 0.25) is 11.8 Å². The van der Waals surface area contributed by atoms with Crippen LogP contribution in [-0.2, 0) is 15.3 Å². The molecule has 0 heterocycles. The highest BCUT2D eigenvalue weighted by molar-refractivity contribution is 7.98. The van der Waals surface area contributed by atoms with Crippen molar-refractivity contribution in [3.63, 3.8) is 0 Å². The van der Waals surface area contributed by atoms with Crippen LogP contribution in [0.15, 0.2) is 42.5 Å². The Hall–Kier alpha value is -2.05. The first-order valence-electron chi connectivity index (χ1n) is 7.48. The molecule has 122 valence electrons. The molecular weight excluding hydrogens is 310 g/mol. The minimum absolute atomic E-state index is 0.0238. The summed E-state index contributed by atoms with van der Waals surface area (Å²) in [6.45, 7) is 0.449.